The van der Waals surface area contributed by atoms with Gasteiger partial charge >= 0.3 is 0 Å². The molecule has 0 radical (unpaired) electrons. The standard InChI is InChI=1S/C10H17BrN4/c1-10(2,7-15(3)4)14-9-12-5-8(11)6-13-9/h5-6H,7H2,1-4H3,(H,12,13,14). The molecule has 5 heteroatoms. The predicted octanol–water partition coefficient (Wildman–Crippen LogP) is 1.99. The van der Waals surface area contributed by atoms with E-state index in [-0.39, 0.29) is 5.54 Å². The highest BCUT2D eigenvalue weighted by Crippen LogP contribution is 2.13. The molecule has 0 unspecified atom stereocenters. The van der Waals surface area contributed by atoms with E-state index in [1.165, 1.54) is 0 Å². The van der Waals surface area contributed by atoms with Gasteiger partial charge in [-0.05, 0) is 43.9 Å². The monoisotopic (exact) mass is 272 g/mol. The van der Waals surface area contributed by atoms with E-state index in [4.69, 9.17) is 0 Å². The third-order valence-electron chi connectivity index (χ3n) is 1.78. The molecule has 0 atom stereocenters. The van der Waals surface area contributed by atoms with Crippen molar-refractivity contribution in [1.82, 2.24) is 14.9 Å². The van der Waals surface area contributed by atoms with Gasteiger partial charge in [0.05, 0.1) is 4.47 Å². The minimum absolute atomic E-state index is 0.0443. The molecule has 1 rings (SSSR count). The zero-order valence-corrected chi connectivity index (χ0v) is 11.2. The molecular formula is C10H17BrN4. The Bertz CT molecular complexity index is 308. The van der Waals surface area contributed by atoms with E-state index >= 15 is 0 Å². The van der Waals surface area contributed by atoms with Crippen LogP contribution in [0.5, 0.6) is 0 Å². The number of nitrogens with zero attached hydrogens (tertiary/aromatic N) is 3. The van der Waals surface area contributed by atoms with E-state index in [2.05, 4.69) is 50.0 Å². The molecule has 0 bridgehead atoms. The molecule has 0 aliphatic rings. The van der Waals surface area contributed by atoms with Gasteiger partial charge in [0, 0.05) is 24.5 Å². The van der Waals surface area contributed by atoms with Gasteiger partial charge in [-0.25, -0.2) is 9.97 Å². The highest BCUT2D eigenvalue weighted by Gasteiger charge is 2.19. The highest BCUT2D eigenvalue weighted by molar-refractivity contribution is 9.10. The molecule has 0 amide bonds. The van der Waals surface area contributed by atoms with E-state index in [9.17, 15) is 0 Å². The molecular weight excluding hydrogens is 256 g/mol. The number of hydrogen-bond donors (Lipinski definition) is 1. The fraction of sp³-hybridized carbons (Fsp3) is 0.600. The summed E-state index contributed by atoms with van der Waals surface area (Å²) < 4.78 is 0.887. The number of nitrogens with one attached hydrogen (secondary N) is 1. The van der Waals surface area contributed by atoms with Crippen LogP contribution in [0.4, 0.5) is 5.95 Å². The molecule has 84 valence electrons. The second kappa shape index (κ2) is 4.90. The van der Waals surface area contributed by atoms with Crippen molar-refractivity contribution in [3.63, 3.8) is 0 Å². The molecule has 0 saturated carbocycles. The van der Waals surface area contributed by atoms with Crippen LogP contribution < -0.4 is 5.32 Å². The van der Waals surface area contributed by atoms with Gasteiger partial charge in [-0.2, -0.15) is 0 Å². The zero-order valence-electron chi connectivity index (χ0n) is 9.58. The first-order valence-corrected chi connectivity index (χ1v) is 5.59. The summed E-state index contributed by atoms with van der Waals surface area (Å²) in [5.41, 5.74) is -0.0443. The van der Waals surface area contributed by atoms with E-state index in [1.54, 1.807) is 12.4 Å². The van der Waals surface area contributed by atoms with Crippen LogP contribution in [-0.4, -0.2) is 41.0 Å². The third-order valence-corrected chi connectivity index (χ3v) is 2.19. The van der Waals surface area contributed by atoms with Crippen molar-refractivity contribution in [2.24, 2.45) is 0 Å². The summed E-state index contributed by atoms with van der Waals surface area (Å²) in [6.07, 6.45) is 3.47. The number of likely N-dealkylation sites (N-methyl/N-ethyl adjacent to an activating group) is 1. The van der Waals surface area contributed by atoms with Gasteiger partial charge in [0.15, 0.2) is 0 Å². The van der Waals surface area contributed by atoms with Gasteiger partial charge in [-0.3, -0.25) is 0 Å². The first-order valence-electron chi connectivity index (χ1n) is 4.79. The number of anilines is 1. The number of aromatic nitrogens is 2. The zero-order chi connectivity index (χ0) is 11.5. The molecule has 4 nitrogen and oxygen atoms in total. The van der Waals surface area contributed by atoms with Crippen molar-refractivity contribution in [2.75, 3.05) is 26.0 Å². The van der Waals surface area contributed by atoms with Gasteiger partial charge in [0.2, 0.25) is 5.95 Å². The van der Waals surface area contributed by atoms with Crippen molar-refractivity contribution in [3.05, 3.63) is 16.9 Å². The van der Waals surface area contributed by atoms with Crippen LogP contribution in [0, 0.1) is 0 Å². The molecule has 0 saturated heterocycles. The van der Waals surface area contributed by atoms with E-state index in [0.29, 0.717) is 5.95 Å². The molecule has 1 aromatic heterocycles. The van der Waals surface area contributed by atoms with Gasteiger partial charge in [-0.1, -0.05) is 0 Å². The minimum Gasteiger partial charge on any atom is -0.348 e. The van der Waals surface area contributed by atoms with Crippen LogP contribution in [0.1, 0.15) is 13.8 Å². The minimum atomic E-state index is -0.0443. The topological polar surface area (TPSA) is 41.0 Å². The Kier molecular flexibility index (Phi) is 4.04. The average molecular weight is 273 g/mol. The lowest BCUT2D eigenvalue weighted by Gasteiger charge is -2.29. The Labute approximate surface area is 99.2 Å². The van der Waals surface area contributed by atoms with Crippen LogP contribution >= 0.6 is 15.9 Å². The van der Waals surface area contributed by atoms with Gasteiger partial charge < -0.3 is 10.2 Å². The molecule has 1 N–H and O–H groups in total. The molecule has 0 fully saturated rings. The predicted molar refractivity (Wildman–Crippen MR) is 66.0 cm³/mol. The molecule has 1 aromatic rings. The SMILES string of the molecule is CN(C)CC(C)(C)Nc1ncc(Br)cn1. The Morgan fingerprint density at radius 1 is 1.33 bits per heavy atom. The summed E-state index contributed by atoms with van der Waals surface area (Å²) in [6, 6.07) is 0. The van der Waals surface area contributed by atoms with Crippen molar-refractivity contribution in [2.45, 2.75) is 19.4 Å². The third kappa shape index (κ3) is 4.57. The Hall–Kier alpha value is -0.680. The van der Waals surface area contributed by atoms with Crippen LogP contribution in [0.15, 0.2) is 16.9 Å². The Morgan fingerprint density at radius 3 is 2.33 bits per heavy atom. The molecule has 0 aliphatic carbocycles. The average Bonchev–Trinajstić information content (AvgIpc) is 2.06. The molecule has 0 aliphatic heterocycles. The summed E-state index contributed by atoms with van der Waals surface area (Å²) >= 11 is 3.30. The molecule has 1 heterocycles. The highest BCUT2D eigenvalue weighted by atomic mass is 79.9. The number of rotatable bonds is 4. The number of halogens is 1. The summed E-state index contributed by atoms with van der Waals surface area (Å²) in [5, 5.41) is 3.29. The van der Waals surface area contributed by atoms with E-state index in [1.807, 2.05) is 14.1 Å². The second-order valence-electron chi connectivity index (χ2n) is 4.47. The maximum absolute atomic E-state index is 4.18. The first kappa shape index (κ1) is 12.4. The summed E-state index contributed by atoms with van der Waals surface area (Å²) in [6.45, 7) is 5.17. The Balaban J connectivity index is 2.64. The molecule has 15 heavy (non-hydrogen) atoms. The van der Waals surface area contributed by atoms with Gasteiger partial charge in [0.25, 0.3) is 0 Å². The van der Waals surface area contributed by atoms with E-state index in [0.717, 1.165) is 11.0 Å². The van der Waals surface area contributed by atoms with Gasteiger partial charge in [-0.15, -0.1) is 0 Å². The van der Waals surface area contributed by atoms with Gasteiger partial charge in [0.1, 0.15) is 0 Å². The maximum atomic E-state index is 4.18. The lowest BCUT2D eigenvalue weighted by Crippen LogP contribution is -2.41. The maximum Gasteiger partial charge on any atom is 0.223 e. The quantitative estimate of drug-likeness (QED) is 0.911. The fourth-order valence-corrected chi connectivity index (χ4v) is 1.71. The summed E-state index contributed by atoms with van der Waals surface area (Å²) in [5.74, 6) is 0.657. The Morgan fingerprint density at radius 2 is 1.87 bits per heavy atom. The largest absolute Gasteiger partial charge is 0.348 e. The van der Waals surface area contributed by atoms with Crippen molar-refractivity contribution < 1.29 is 0 Å². The summed E-state index contributed by atoms with van der Waals surface area (Å²) in [4.78, 5) is 10.5. The molecule has 0 aromatic carbocycles. The molecule has 0 spiro atoms. The van der Waals surface area contributed by atoms with E-state index < -0.39 is 0 Å². The first-order chi connectivity index (χ1) is 6.89. The summed E-state index contributed by atoms with van der Waals surface area (Å²) in [7, 11) is 4.09. The van der Waals surface area contributed by atoms with Crippen LogP contribution in [-0.2, 0) is 0 Å². The second-order valence-corrected chi connectivity index (χ2v) is 5.39. The fourth-order valence-electron chi connectivity index (χ4n) is 1.51. The lowest BCUT2D eigenvalue weighted by molar-refractivity contribution is 0.333. The van der Waals surface area contributed by atoms with Crippen LogP contribution in [0.2, 0.25) is 0 Å². The van der Waals surface area contributed by atoms with Crippen LogP contribution in [0.3, 0.4) is 0 Å². The van der Waals surface area contributed by atoms with Crippen molar-refractivity contribution in [3.8, 4) is 0 Å². The van der Waals surface area contributed by atoms with Crippen LogP contribution in [0.25, 0.3) is 0 Å². The lowest BCUT2D eigenvalue weighted by atomic mass is 10.1. The van der Waals surface area contributed by atoms with Crippen molar-refractivity contribution in [1.29, 1.82) is 0 Å². The number of hydrogen-bond acceptors (Lipinski definition) is 4. The smallest absolute Gasteiger partial charge is 0.223 e. The van der Waals surface area contributed by atoms with Crippen molar-refractivity contribution >= 4 is 21.9 Å². The normalized spacial score (nSPS) is 11.9.